The molecule has 0 unspecified atom stereocenters. The third kappa shape index (κ3) is 0.699. The van der Waals surface area contributed by atoms with Crippen LogP contribution in [0.1, 0.15) is 0 Å². The van der Waals surface area contributed by atoms with E-state index in [1.807, 2.05) is 0 Å². The lowest BCUT2D eigenvalue weighted by Gasteiger charge is -1.89. The molecule has 0 saturated heterocycles. The van der Waals surface area contributed by atoms with E-state index in [1.54, 1.807) is 12.4 Å². The van der Waals surface area contributed by atoms with E-state index in [1.165, 1.54) is 12.7 Å². The highest BCUT2D eigenvalue weighted by atomic mass is 14.9. The molecule has 0 N–H and O–H groups in total. The van der Waals surface area contributed by atoms with Crippen LogP contribution in [0.4, 0.5) is 0 Å². The molecule has 0 aromatic carbocycles. The van der Waals surface area contributed by atoms with Crippen LogP contribution in [0, 0.1) is 0 Å². The lowest BCUT2D eigenvalue weighted by atomic mass is 10.4. The number of aromatic nitrogens is 4. The normalized spacial score (nSPS) is 10.0. The predicted molar refractivity (Wildman–Crippen MR) is 35.1 cm³/mol. The zero-order valence-electron chi connectivity index (χ0n) is 5.10. The molecule has 0 radical (unpaired) electrons. The Morgan fingerprint density at radius 3 is 1.80 bits per heavy atom. The Hall–Kier alpha value is -1.58. The van der Waals surface area contributed by atoms with Gasteiger partial charge in [0.05, 0.1) is 12.4 Å². The van der Waals surface area contributed by atoms with E-state index in [0.29, 0.717) is 0 Å². The molecule has 2 rings (SSSR count). The fraction of sp³-hybridized carbons (Fsp3) is 0. The number of rotatable bonds is 0. The van der Waals surface area contributed by atoms with Crippen LogP contribution in [0.3, 0.4) is 0 Å². The molecule has 48 valence electrons. The molecule has 0 bridgehead atoms. The molecular weight excluding hydrogens is 128 g/mol. The summed E-state index contributed by atoms with van der Waals surface area (Å²) < 4.78 is 0. The lowest BCUT2D eigenvalue weighted by molar-refractivity contribution is 1.15. The summed E-state index contributed by atoms with van der Waals surface area (Å²) in [6.45, 7) is 0. The van der Waals surface area contributed by atoms with E-state index in [0.717, 1.165) is 11.0 Å². The third-order valence-electron chi connectivity index (χ3n) is 1.18. The van der Waals surface area contributed by atoms with E-state index in [-0.39, 0.29) is 0 Å². The lowest BCUT2D eigenvalue weighted by Crippen LogP contribution is -1.84. The molecule has 2 heterocycles. The van der Waals surface area contributed by atoms with E-state index < -0.39 is 0 Å². The summed E-state index contributed by atoms with van der Waals surface area (Å²) in [5.74, 6) is 0. The molecule has 0 aliphatic carbocycles. The summed E-state index contributed by atoms with van der Waals surface area (Å²) >= 11 is 0. The van der Waals surface area contributed by atoms with Gasteiger partial charge < -0.3 is 0 Å². The SMILES string of the molecule is c1ncc2ncncc2n1. The largest absolute Gasteiger partial charge is 0.243 e. The minimum absolute atomic E-state index is 0.775. The van der Waals surface area contributed by atoms with Gasteiger partial charge in [0, 0.05) is 0 Å². The van der Waals surface area contributed by atoms with Crippen molar-refractivity contribution in [2.45, 2.75) is 0 Å². The van der Waals surface area contributed by atoms with Gasteiger partial charge in [-0.2, -0.15) is 0 Å². The van der Waals surface area contributed by atoms with E-state index in [2.05, 4.69) is 19.9 Å². The minimum atomic E-state index is 0.775. The van der Waals surface area contributed by atoms with Crippen molar-refractivity contribution in [3.63, 3.8) is 0 Å². The molecule has 10 heavy (non-hydrogen) atoms. The molecule has 0 fully saturated rings. The molecule has 0 saturated carbocycles. The van der Waals surface area contributed by atoms with Crippen molar-refractivity contribution in [3.8, 4) is 0 Å². The monoisotopic (exact) mass is 132 g/mol. The highest BCUT2D eigenvalue weighted by Gasteiger charge is 1.90. The van der Waals surface area contributed by atoms with Gasteiger partial charge in [-0.15, -0.1) is 0 Å². The van der Waals surface area contributed by atoms with Gasteiger partial charge in [0.2, 0.25) is 0 Å². The van der Waals surface area contributed by atoms with Crippen LogP contribution in [0.2, 0.25) is 0 Å². The van der Waals surface area contributed by atoms with Crippen LogP contribution in [0.25, 0.3) is 11.0 Å². The van der Waals surface area contributed by atoms with Crippen molar-refractivity contribution >= 4 is 11.0 Å². The van der Waals surface area contributed by atoms with Crippen molar-refractivity contribution in [3.05, 3.63) is 25.0 Å². The number of fused-ring (bicyclic) bond motifs is 1. The van der Waals surface area contributed by atoms with Crippen molar-refractivity contribution in [1.29, 1.82) is 0 Å². The maximum Gasteiger partial charge on any atom is 0.116 e. The molecule has 4 nitrogen and oxygen atoms in total. The minimum Gasteiger partial charge on any atom is -0.243 e. The van der Waals surface area contributed by atoms with Gasteiger partial charge in [0.25, 0.3) is 0 Å². The van der Waals surface area contributed by atoms with E-state index >= 15 is 0 Å². The van der Waals surface area contributed by atoms with Gasteiger partial charge in [-0.25, -0.2) is 19.9 Å². The summed E-state index contributed by atoms with van der Waals surface area (Å²) in [5.41, 5.74) is 1.55. The van der Waals surface area contributed by atoms with Crippen LogP contribution in [-0.2, 0) is 0 Å². The maximum atomic E-state index is 3.95. The first-order valence-electron chi connectivity index (χ1n) is 2.82. The van der Waals surface area contributed by atoms with Crippen LogP contribution in [0.15, 0.2) is 25.0 Å². The van der Waals surface area contributed by atoms with Crippen molar-refractivity contribution < 1.29 is 0 Å². The van der Waals surface area contributed by atoms with E-state index in [9.17, 15) is 0 Å². The quantitative estimate of drug-likeness (QED) is 0.521. The third-order valence-corrected chi connectivity index (χ3v) is 1.18. The van der Waals surface area contributed by atoms with Gasteiger partial charge in [-0.05, 0) is 0 Å². The molecular formula is C6H4N4. The molecule has 0 aliphatic heterocycles. The number of hydrogen-bond acceptors (Lipinski definition) is 4. The Morgan fingerprint density at radius 2 is 1.30 bits per heavy atom. The first-order valence-corrected chi connectivity index (χ1v) is 2.82. The topological polar surface area (TPSA) is 51.6 Å². The zero-order chi connectivity index (χ0) is 6.81. The highest BCUT2D eigenvalue weighted by molar-refractivity contribution is 5.70. The van der Waals surface area contributed by atoms with Gasteiger partial charge >= 0.3 is 0 Å². The Bertz CT molecular complexity index is 281. The van der Waals surface area contributed by atoms with Gasteiger partial charge in [0.1, 0.15) is 23.7 Å². The van der Waals surface area contributed by atoms with E-state index in [4.69, 9.17) is 0 Å². The Balaban J connectivity index is 2.89. The summed E-state index contributed by atoms with van der Waals surface area (Å²) in [6, 6.07) is 0. The predicted octanol–water partition coefficient (Wildman–Crippen LogP) is 0.420. The standard InChI is InChI=1S/C6H4N4/c1-5-6(10-3-7-1)2-8-4-9-5/h1-4H. The van der Waals surface area contributed by atoms with Crippen molar-refractivity contribution in [2.24, 2.45) is 0 Å². The number of hydrogen-bond donors (Lipinski definition) is 0. The highest BCUT2D eigenvalue weighted by Crippen LogP contribution is 2.00. The van der Waals surface area contributed by atoms with Crippen molar-refractivity contribution in [2.75, 3.05) is 0 Å². The second-order valence-electron chi connectivity index (χ2n) is 1.82. The van der Waals surface area contributed by atoms with Crippen LogP contribution in [0.5, 0.6) is 0 Å². The van der Waals surface area contributed by atoms with Crippen molar-refractivity contribution in [1.82, 2.24) is 19.9 Å². The van der Waals surface area contributed by atoms with Crippen LogP contribution >= 0.6 is 0 Å². The summed E-state index contributed by atoms with van der Waals surface area (Å²) in [6.07, 6.45) is 6.27. The zero-order valence-corrected chi connectivity index (χ0v) is 5.10. The molecule has 0 amide bonds. The molecule has 0 spiro atoms. The molecule has 2 aromatic heterocycles. The molecule has 0 aliphatic rings. The second kappa shape index (κ2) is 1.98. The van der Waals surface area contributed by atoms with Crippen LogP contribution < -0.4 is 0 Å². The number of nitrogens with zero attached hydrogens (tertiary/aromatic N) is 4. The summed E-state index contributed by atoms with van der Waals surface area (Å²) in [7, 11) is 0. The summed E-state index contributed by atoms with van der Waals surface area (Å²) in [4.78, 5) is 15.5. The van der Waals surface area contributed by atoms with Gasteiger partial charge in [-0.1, -0.05) is 0 Å². The Labute approximate surface area is 57.0 Å². The first kappa shape index (κ1) is 5.22. The van der Waals surface area contributed by atoms with Gasteiger partial charge in [-0.3, -0.25) is 0 Å². The fourth-order valence-electron chi connectivity index (χ4n) is 0.730. The maximum absolute atomic E-state index is 3.95. The second-order valence-corrected chi connectivity index (χ2v) is 1.82. The van der Waals surface area contributed by atoms with Gasteiger partial charge in [0.15, 0.2) is 0 Å². The Kier molecular flexibility index (Phi) is 1.04. The average molecular weight is 132 g/mol. The molecule has 4 heteroatoms. The molecule has 0 atom stereocenters. The Morgan fingerprint density at radius 1 is 0.800 bits per heavy atom. The smallest absolute Gasteiger partial charge is 0.116 e. The molecule has 2 aromatic rings. The average Bonchev–Trinajstić information content (AvgIpc) is 2.05. The first-order chi connectivity index (χ1) is 4.97. The van der Waals surface area contributed by atoms with Crippen LogP contribution in [-0.4, -0.2) is 19.9 Å². The summed E-state index contributed by atoms with van der Waals surface area (Å²) in [5, 5.41) is 0. The fourth-order valence-corrected chi connectivity index (χ4v) is 0.730.